The van der Waals surface area contributed by atoms with E-state index in [1.165, 1.54) is 4.90 Å². The second-order valence-electron chi connectivity index (χ2n) is 4.04. The van der Waals surface area contributed by atoms with E-state index in [4.69, 9.17) is 10.00 Å². The van der Waals surface area contributed by atoms with Crippen molar-refractivity contribution in [1.29, 1.82) is 5.26 Å². The second kappa shape index (κ2) is 7.79. The molecule has 0 radical (unpaired) electrons. The Morgan fingerprint density at radius 3 is 2.86 bits per heavy atom. The summed E-state index contributed by atoms with van der Waals surface area (Å²) in [5.41, 5.74) is -0.413. The third-order valence-electron chi connectivity index (χ3n) is 2.70. The van der Waals surface area contributed by atoms with E-state index >= 15 is 0 Å². The number of nitrogens with zero attached hydrogens (tertiary/aromatic N) is 3. The molecule has 1 amide bonds. The molecule has 0 aliphatic heterocycles. The molecule has 0 N–H and O–H groups in total. The first-order valence-electron chi connectivity index (χ1n) is 6.21. The molecule has 0 atom stereocenters. The van der Waals surface area contributed by atoms with E-state index in [1.807, 2.05) is 6.07 Å². The van der Waals surface area contributed by atoms with Gasteiger partial charge in [0.15, 0.2) is 6.61 Å². The number of rotatable bonds is 7. The fourth-order valence-electron chi connectivity index (χ4n) is 1.63. The lowest BCUT2D eigenvalue weighted by atomic mass is 10.3. The van der Waals surface area contributed by atoms with Crippen molar-refractivity contribution in [3.8, 4) is 11.8 Å². The summed E-state index contributed by atoms with van der Waals surface area (Å²) in [5, 5.41) is 19.3. The summed E-state index contributed by atoms with van der Waals surface area (Å²) >= 11 is 0. The molecular formula is C13H14FN3O4. The van der Waals surface area contributed by atoms with Crippen molar-refractivity contribution in [2.24, 2.45) is 0 Å². The summed E-state index contributed by atoms with van der Waals surface area (Å²) in [5.74, 6) is -1.42. The number of hydrogen-bond acceptors (Lipinski definition) is 5. The summed E-state index contributed by atoms with van der Waals surface area (Å²) < 4.78 is 18.1. The highest BCUT2D eigenvalue weighted by Crippen LogP contribution is 2.27. The molecular weight excluding hydrogens is 281 g/mol. The number of nitriles is 1. The summed E-state index contributed by atoms with van der Waals surface area (Å²) in [7, 11) is 0. The highest BCUT2D eigenvalue weighted by molar-refractivity contribution is 5.77. The summed E-state index contributed by atoms with van der Waals surface area (Å²) in [6, 6.07) is 4.69. The summed E-state index contributed by atoms with van der Waals surface area (Å²) in [6.07, 6.45) is 0.180. The molecule has 1 aromatic rings. The molecule has 112 valence electrons. The number of amides is 1. The molecule has 0 fully saturated rings. The normalized spacial score (nSPS) is 9.76. The largest absolute Gasteiger partial charge is 0.477 e. The Bertz CT molecular complexity index is 571. The number of carbonyl (C=O) groups excluding carboxylic acids is 1. The van der Waals surface area contributed by atoms with Crippen molar-refractivity contribution in [2.45, 2.75) is 13.3 Å². The number of carbonyl (C=O) groups is 1. The number of likely N-dealkylation sites (N-methyl/N-ethyl adjacent to an activating group) is 1. The van der Waals surface area contributed by atoms with Gasteiger partial charge in [-0.1, -0.05) is 0 Å². The molecule has 8 heteroatoms. The van der Waals surface area contributed by atoms with Gasteiger partial charge in [0.05, 0.1) is 17.4 Å². The second-order valence-corrected chi connectivity index (χ2v) is 4.04. The Labute approximate surface area is 120 Å². The van der Waals surface area contributed by atoms with Gasteiger partial charge in [-0.25, -0.2) is 4.39 Å². The minimum Gasteiger partial charge on any atom is -0.477 e. The molecule has 0 spiro atoms. The number of benzene rings is 1. The van der Waals surface area contributed by atoms with Crippen LogP contribution in [0, 0.1) is 27.3 Å². The Morgan fingerprint density at radius 2 is 2.29 bits per heavy atom. The van der Waals surface area contributed by atoms with E-state index in [0.29, 0.717) is 6.54 Å². The average Bonchev–Trinajstić information content (AvgIpc) is 2.45. The van der Waals surface area contributed by atoms with Crippen molar-refractivity contribution in [3.63, 3.8) is 0 Å². The van der Waals surface area contributed by atoms with Crippen molar-refractivity contribution in [3.05, 3.63) is 34.1 Å². The fraction of sp³-hybridized carbons (Fsp3) is 0.385. The van der Waals surface area contributed by atoms with Gasteiger partial charge in [0.25, 0.3) is 5.91 Å². The average molecular weight is 295 g/mol. The molecule has 0 saturated heterocycles. The minimum atomic E-state index is -0.716. The van der Waals surface area contributed by atoms with Crippen molar-refractivity contribution >= 4 is 11.6 Å². The molecule has 0 aromatic heterocycles. The zero-order valence-corrected chi connectivity index (χ0v) is 11.4. The molecule has 7 nitrogen and oxygen atoms in total. The number of nitro groups is 1. The Kier molecular flexibility index (Phi) is 6.07. The van der Waals surface area contributed by atoms with E-state index < -0.39 is 28.9 Å². The molecule has 21 heavy (non-hydrogen) atoms. The first-order chi connectivity index (χ1) is 9.99. The maximum absolute atomic E-state index is 13.1. The van der Waals surface area contributed by atoms with Crippen LogP contribution < -0.4 is 4.74 Å². The van der Waals surface area contributed by atoms with Crippen LogP contribution in [0.5, 0.6) is 5.75 Å². The first kappa shape index (κ1) is 16.4. The standard InChI is InChI=1S/C13H14FN3O4/c1-2-16(7-3-6-15)13(18)9-21-12-8-10(14)4-5-11(12)17(19)20/h4-5,8H,2-3,7,9H2,1H3. The predicted molar refractivity (Wildman–Crippen MR) is 71.0 cm³/mol. The Hall–Kier alpha value is -2.69. The number of nitro benzene ring substituents is 1. The van der Waals surface area contributed by atoms with Crippen LogP contribution >= 0.6 is 0 Å². The first-order valence-corrected chi connectivity index (χ1v) is 6.21. The van der Waals surface area contributed by atoms with Crippen LogP contribution in [-0.2, 0) is 4.79 Å². The van der Waals surface area contributed by atoms with Gasteiger partial charge in [-0.15, -0.1) is 0 Å². The lowest BCUT2D eigenvalue weighted by molar-refractivity contribution is -0.385. The monoisotopic (exact) mass is 295 g/mol. The molecule has 1 rings (SSSR count). The molecule has 0 saturated carbocycles. The molecule has 0 unspecified atom stereocenters. The summed E-state index contributed by atoms with van der Waals surface area (Å²) in [6.45, 7) is 1.92. The van der Waals surface area contributed by atoms with Gasteiger partial charge in [0, 0.05) is 25.2 Å². The van der Waals surface area contributed by atoms with E-state index in [9.17, 15) is 19.3 Å². The summed E-state index contributed by atoms with van der Waals surface area (Å²) in [4.78, 5) is 23.3. The van der Waals surface area contributed by atoms with Crippen LogP contribution in [0.3, 0.4) is 0 Å². The number of halogens is 1. The van der Waals surface area contributed by atoms with Gasteiger partial charge in [0.1, 0.15) is 5.82 Å². The Morgan fingerprint density at radius 1 is 1.57 bits per heavy atom. The SMILES string of the molecule is CCN(CCC#N)C(=O)COc1cc(F)ccc1[N+](=O)[O-]. The molecule has 0 heterocycles. The topological polar surface area (TPSA) is 96.5 Å². The highest BCUT2D eigenvalue weighted by Gasteiger charge is 2.18. The quantitative estimate of drug-likeness (QED) is 0.565. The third-order valence-corrected chi connectivity index (χ3v) is 2.70. The zero-order valence-electron chi connectivity index (χ0n) is 11.4. The highest BCUT2D eigenvalue weighted by atomic mass is 19.1. The van der Waals surface area contributed by atoms with Gasteiger partial charge < -0.3 is 9.64 Å². The van der Waals surface area contributed by atoms with Crippen LogP contribution in [-0.4, -0.2) is 35.4 Å². The van der Waals surface area contributed by atoms with Crippen molar-refractivity contribution in [1.82, 2.24) is 4.90 Å². The third kappa shape index (κ3) is 4.72. The number of ether oxygens (including phenoxy) is 1. The molecule has 1 aromatic carbocycles. The van der Waals surface area contributed by atoms with E-state index in [1.54, 1.807) is 6.92 Å². The molecule has 0 bridgehead atoms. The van der Waals surface area contributed by atoms with Gasteiger partial charge in [-0.3, -0.25) is 14.9 Å². The van der Waals surface area contributed by atoms with Crippen LogP contribution in [0.15, 0.2) is 18.2 Å². The van der Waals surface area contributed by atoms with Crippen molar-refractivity contribution in [2.75, 3.05) is 19.7 Å². The van der Waals surface area contributed by atoms with Crippen molar-refractivity contribution < 1.29 is 18.8 Å². The minimum absolute atomic E-state index is 0.180. The van der Waals surface area contributed by atoms with Crippen LogP contribution in [0.4, 0.5) is 10.1 Å². The van der Waals surface area contributed by atoms with Gasteiger partial charge in [-0.2, -0.15) is 5.26 Å². The zero-order chi connectivity index (χ0) is 15.8. The van der Waals surface area contributed by atoms with E-state index in [-0.39, 0.29) is 18.7 Å². The predicted octanol–water partition coefficient (Wildman–Crippen LogP) is 1.87. The van der Waals surface area contributed by atoms with Gasteiger partial charge >= 0.3 is 5.69 Å². The van der Waals surface area contributed by atoms with Crippen LogP contribution in [0.25, 0.3) is 0 Å². The smallest absolute Gasteiger partial charge is 0.311 e. The number of hydrogen-bond donors (Lipinski definition) is 0. The lowest BCUT2D eigenvalue weighted by Crippen LogP contribution is -2.35. The fourth-order valence-corrected chi connectivity index (χ4v) is 1.63. The van der Waals surface area contributed by atoms with Crippen LogP contribution in [0.1, 0.15) is 13.3 Å². The van der Waals surface area contributed by atoms with E-state index in [0.717, 1.165) is 18.2 Å². The van der Waals surface area contributed by atoms with Crippen LogP contribution in [0.2, 0.25) is 0 Å². The Balaban J connectivity index is 2.74. The van der Waals surface area contributed by atoms with E-state index in [2.05, 4.69) is 0 Å². The van der Waals surface area contributed by atoms with Gasteiger partial charge in [0.2, 0.25) is 5.75 Å². The molecule has 0 aliphatic carbocycles. The molecule has 0 aliphatic rings. The maximum Gasteiger partial charge on any atom is 0.311 e. The van der Waals surface area contributed by atoms with Gasteiger partial charge in [-0.05, 0) is 13.0 Å². The maximum atomic E-state index is 13.1. The lowest BCUT2D eigenvalue weighted by Gasteiger charge is -2.19.